The molecule has 0 spiro atoms. The van der Waals surface area contributed by atoms with Gasteiger partial charge >= 0.3 is 0 Å². The molecular weight excluding hydrogens is 332 g/mol. The fourth-order valence-corrected chi connectivity index (χ4v) is 3.98. The molecule has 0 aliphatic heterocycles. The minimum Gasteiger partial charge on any atom is -0.359 e. The molecule has 0 fully saturated rings. The molecule has 3 aromatic heterocycles. The molecule has 25 heavy (non-hydrogen) atoms. The molecule has 0 atom stereocenters. The molecule has 3 heterocycles. The van der Waals surface area contributed by atoms with Gasteiger partial charge in [-0.05, 0) is 43.3 Å². The Balaban J connectivity index is 1.73. The number of aromatic nitrogens is 2. The van der Waals surface area contributed by atoms with Crippen LogP contribution in [-0.4, -0.2) is 34.9 Å². The Labute approximate surface area is 149 Å². The number of amides is 1. The minimum absolute atomic E-state index is 0.00170. The summed E-state index contributed by atoms with van der Waals surface area (Å²) in [5.74, 6) is -0.00170. The van der Waals surface area contributed by atoms with Crippen molar-refractivity contribution in [3.8, 4) is 0 Å². The molecule has 0 unspecified atom stereocenters. The highest BCUT2D eigenvalue weighted by Crippen LogP contribution is 2.33. The van der Waals surface area contributed by atoms with E-state index in [1.807, 2.05) is 18.2 Å². The number of aryl methyl sites for hydroxylation is 1. The summed E-state index contributed by atoms with van der Waals surface area (Å²) in [6.45, 7) is 2.05. The number of aromatic amines is 1. The van der Waals surface area contributed by atoms with E-state index in [1.54, 1.807) is 25.2 Å². The van der Waals surface area contributed by atoms with E-state index in [2.05, 4.69) is 40.4 Å². The molecule has 1 amide bonds. The number of hydrogen-bond acceptors (Lipinski definition) is 4. The molecule has 6 heteroatoms. The summed E-state index contributed by atoms with van der Waals surface area (Å²) in [6.07, 6.45) is 1.76. The Morgan fingerprint density at radius 1 is 1.20 bits per heavy atom. The van der Waals surface area contributed by atoms with Crippen LogP contribution in [0.4, 0.5) is 11.4 Å². The van der Waals surface area contributed by atoms with Crippen molar-refractivity contribution in [3.63, 3.8) is 0 Å². The number of nitrogens with zero attached hydrogens (tertiary/aromatic N) is 2. The summed E-state index contributed by atoms with van der Waals surface area (Å²) in [4.78, 5) is 22.2. The number of thiophene rings is 1. The molecule has 0 bridgehead atoms. The number of rotatable bonds is 3. The third-order valence-corrected chi connectivity index (χ3v) is 5.21. The van der Waals surface area contributed by atoms with Crippen molar-refractivity contribution >= 4 is 49.7 Å². The van der Waals surface area contributed by atoms with E-state index in [1.165, 1.54) is 16.7 Å². The topological polar surface area (TPSA) is 61.0 Å². The van der Waals surface area contributed by atoms with E-state index >= 15 is 0 Å². The van der Waals surface area contributed by atoms with E-state index in [9.17, 15) is 4.79 Å². The molecule has 0 radical (unpaired) electrons. The van der Waals surface area contributed by atoms with Crippen molar-refractivity contribution in [2.24, 2.45) is 0 Å². The summed E-state index contributed by atoms with van der Waals surface area (Å²) in [5.41, 5.74) is 5.06. The summed E-state index contributed by atoms with van der Waals surface area (Å²) >= 11 is 1.46. The van der Waals surface area contributed by atoms with Crippen LogP contribution in [0.15, 0.2) is 42.6 Å². The average molecular weight is 350 g/mol. The predicted octanol–water partition coefficient (Wildman–Crippen LogP) is 4.53. The van der Waals surface area contributed by atoms with Gasteiger partial charge in [-0.1, -0.05) is 0 Å². The Morgan fingerprint density at radius 3 is 2.84 bits per heavy atom. The maximum absolute atomic E-state index is 12.2. The van der Waals surface area contributed by atoms with Crippen molar-refractivity contribution in [3.05, 3.63) is 53.2 Å². The van der Waals surface area contributed by atoms with E-state index < -0.39 is 0 Å². The molecule has 0 aliphatic rings. The fraction of sp³-hybridized carbons (Fsp3) is 0.158. The lowest BCUT2D eigenvalue weighted by molar-refractivity contribution is 0.0832. The summed E-state index contributed by atoms with van der Waals surface area (Å²) in [7, 11) is 3.51. The smallest absolute Gasteiger partial charge is 0.263 e. The van der Waals surface area contributed by atoms with Gasteiger partial charge in [-0.15, -0.1) is 11.3 Å². The number of nitrogens with one attached hydrogen (secondary N) is 2. The number of carbonyl (C=O) groups is 1. The Hall–Kier alpha value is -2.86. The normalized spacial score (nSPS) is 11.2. The molecule has 2 N–H and O–H groups in total. The van der Waals surface area contributed by atoms with Gasteiger partial charge in [0.15, 0.2) is 0 Å². The fourth-order valence-electron chi connectivity index (χ4n) is 2.87. The highest BCUT2D eigenvalue weighted by atomic mass is 32.1. The highest BCUT2D eigenvalue weighted by molar-refractivity contribution is 7.21. The molecule has 0 aliphatic carbocycles. The first-order chi connectivity index (χ1) is 12.0. The third-order valence-electron chi connectivity index (χ3n) is 4.06. The number of H-pyrrole nitrogens is 1. The van der Waals surface area contributed by atoms with Crippen LogP contribution in [-0.2, 0) is 0 Å². The van der Waals surface area contributed by atoms with Crippen LogP contribution in [0.2, 0.25) is 0 Å². The van der Waals surface area contributed by atoms with Crippen LogP contribution in [0.3, 0.4) is 0 Å². The molecule has 0 saturated heterocycles. The zero-order valence-corrected chi connectivity index (χ0v) is 15.1. The molecular formula is C19H18N4OS. The van der Waals surface area contributed by atoms with Crippen LogP contribution >= 0.6 is 11.3 Å². The standard InChI is InChI=1S/C19H18N4OS/c1-11-8-12-9-13(4-5-14(12)21-11)22-15-6-7-20-16-10-17(25-18(15)16)19(24)23(2)3/h4-10,21H,1-3H3,(H,20,22). The SMILES string of the molecule is Cc1cc2cc(Nc3ccnc4cc(C(=O)N(C)C)sc34)ccc2[nH]1. The highest BCUT2D eigenvalue weighted by Gasteiger charge is 2.15. The Morgan fingerprint density at radius 2 is 2.04 bits per heavy atom. The third kappa shape index (κ3) is 2.85. The van der Waals surface area contributed by atoms with E-state index in [0.29, 0.717) is 4.88 Å². The van der Waals surface area contributed by atoms with Gasteiger partial charge in [0.2, 0.25) is 0 Å². The zero-order chi connectivity index (χ0) is 17.6. The molecule has 126 valence electrons. The van der Waals surface area contributed by atoms with Gasteiger partial charge in [-0.3, -0.25) is 9.78 Å². The summed E-state index contributed by atoms with van der Waals surface area (Å²) in [5, 5.41) is 4.63. The van der Waals surface area contributed by atoms with Crippen LogP contribution in [0, 0.1) is 6.92 Å². The van der Waals surface area contributed by atoms with Crippen molar-refractivity contribution < 1.29 is 4.79 Å². The predicted molar refractivity (Wildman–Crippen MR) is 104 cm³/mol. The number of anilines is 2. The maximum atomic E-state index is 12.2. The lowest BCUT2D eigenvalue weighted by Gasteiger charge is -2.08. The first kappa shape index (κ1) is 15.7. The number of pyridine rings is 1. The second-order valence-electron chi connectivity index (χ2n) is 6.26. The van der Waals surface area contributed by atoms with Gasteiger partial charge in [0, 0.05) is 42.6 Å². The first-order valence-electron chi connectivity index (χ1n) is 7.98. The van der Waals surface area contributed by atoms with Crippen LogP contribution in [0.1, 0.15) is 15.4 Å². The number of hydrogen-bond donors (Lipinski definition) is 2. The number of fused-ring (bicyclic) bond motifs is 2. The van der Waals surface area contributed by atoms with Gasteiger partial charge in [0.25, 0.3) is 5.91 Å². The Bertz CT molecular complexity index is 1090. The second kappa shape index (κ2) is 5.89. The molecule has 5 nitrogen and oxygen atoms in total. The average Bonchev–Trinajstić information content (AvgIpc) is 3.16. The molecule has 4 aromatic rings. The van der Waals surface area contributed by atoms with Crippen molar-refractivity contribution in [2.75, 3.05) is 19.4 Å². The van der Waals surface area contributed by atoms with Crippen molar-refractivity contribution in [1.29, 1.82) is 0 Å². The van der Waals surface area contributed by atoms with Gasteiger partial charge in [-0.2, -0.15) is 0 Å². The van der Waals surface area contributed by atoms with Crippen LogP contribution < -0.4 is 5.32 Å². The second-order valence-corrected chi connectivity index (χ2v) is 7.31. The summed E-state index contributed by atoms with van der Waals surface area (Å²) in [6, 6.07) is 12.1. The van der Waals surface area contributed by atoms with E-state index in [4.69, 9.17) is 0 Å². The van der Waals surface area contributed by atoms with Gasteiger partial charge in [0.05, 0.1) is 20.8 Å². The Kier molecular flexibility index (Phi) is 3.69. The van der Waals surface area contributed by atoms with Crippen molar-refractivity contribution in [2.45, 2.75) is 6.92 Å². The van der Waals surface area contributed by atoms with Crippen molar-refractivity contribution in [1.82, 2.24) is 14.9 Å². The van der Waals surface area contributed by atoms with Crippen LogP contribution in [0.5, 0.6) is 0 Å². The monoisotopic (exact) mass is 350 g/mol. The van der Waals surface area contributed by atoms with Gasteiger partial charge < -0.3 is 15.2 Å². The van der Waals surface area contributed by atoms with Gasteiger partial charge in [0.1, 0.15) is 0 Å². The molecule has 4 rings (SSSR count). The van der Waals surface area contributed by atoms with Gasteiger partial charge in [-0.25, -0.2) is 0 Å². The first-order valence-corrected chi connectivity index (χ1v) is 8.79. The lowest BCUT2D eigenvalue weighted by Crippen LogP contribution is -2.20. The summed E-state index contributed by atoms with van der Waals surface area (Å²) < 4.78 is 0.984. The number of carbonyl (C=O) groups excluding carboxylic acids is 1. The van der Waals surface area contributed by atoms with E-state index in [-0.39, 0.29) is 5.91 Å². The zero-order valence-electron chi connectivity index (χ0n) is 14.3. The lowest BCUT2D eigenvalue weighted by atomic mass is 10.2. The molecule has 1 aromatic carbocycles. The maximum Gasteiger partial charge on any atom is 0.263 e. The van der Waals surface area contributed by atoms with E-state index in [0.717, 1.165) is 32.8 Å². The molecule has 0 saturated carbocycles. The van der Waals surface area contributed by atoms with Crippen LogP contribution in [0.25, 0.3) is 21.1 Å². The largest absolute Gasteiger partial charge is 0.359 e. The quantitative estimate of drug-likeness (QED) is 0.570. The number of benzene rings is 1. The minimum atomic E-state index is -0.00170.